The zero-order valence-electron chi connectivity index (χ0n) is 12.7. The van der Waals surface area contributed by atoms with Crippen molar-refractivity contribution in [1.29, 1.82) is 0 Å². The third kappa shape index (κ3) is 3.09. The van der Waals surface area contributed by atoms with Gasteiger partial charge in [0.1, 0.15) is 6.04 Å². The molecule has 8 heteroatoms. The molecule has 0 aromatic heterocycles. The van der Waals surface area contributed by atoms with Crippen LogP contribution in [0.4, 0.5) is 5.69 Å². The zero-order valence-corrected chi connectivity index (χ0v) is 13.6. The Morgan fingerprint density at radius 3 is 2.70 bits per heavy atom. The molecule has 1 atom stereocenters. The van der Waals surface area contributed by atoms with Gasteiger partial charge in [-0.3, -0.25) is 9.59 Å². The average molecular weight is 338 g/mol. The lowest BCUT2D eigenvalue weighted by molar-refractivity contribution is -0.139. The number of carbonyl (C=O) groups excluding carboxylic acids is 2. The summed E-state index contributed by atoms with van der Waals surface area (Å²) in [6, 6.07) is 4.04. The van der Waals surface area contributed by atoms with Gasteiger partial charge in [-0.1, -0.05) is 6.07 Å². The maximum Gasteiger partial charge on any atom is 0.324 e. The molecule has 2 aliphatic heterocycles. The van der Waals surface area contributed by atoms with Crippen LogP contribution in [0.2, 0.25) is 0 Å². The summed E-state index contributed by atoms with van der Waals surface area (Å²) in [5.74, 6) is -0.568. The Labute approximate surface area is 134 Å². The Morgan fingerprint density at radius 2 is 2.09 bits per heavy atom. The molecule has 124 valence electrons. The molecule has 23 heavy (non-hydrogen) atoms. The minimum Gasteiger partial charge on any atom is -0.464 e. The van der Waals surface area contributed by atoms with Gasteiger partial charge in [-0.2, -0.15) is 4.72 Å². The van der Waals surface area contributed by atoms with E-state index in [9.17, 15) is 18.0 Å². The first-order valence-corrected chi connectivity index (χ1v) is 8.97. The fraction of sp³-hybridized carbons (Fsp3) is 0.467. The van der Waals surface area contributed by atoms with Crippen LogP contribution >= 0.6 is 0 Å². The number of anilines is 1. The van der Waals surface area contributed by atoms with E-state index in [1.807, 2.05) is 0 Å². The van der Waals surface area contributed by atoms with Crippen LogP contribution in [0.3, 0.4) is 0 Å². The summed E-state index contributed by atoms with van der Waals surface area (Å²) in [6.07, 6.45) is 1.56. The van der Waals surface area contributed by atoms with Crippen molar-refractivity contribution in [2.75, 3.05) is 18.1 Å². The van der Waals surface area contributed by atoms with Crippen molar-refractivity contribution in [3.05, 3.63) is 23.8 Å². The molecule has 2 fully saturated rings. The molecule has 0 spiro atoms. The Hall–Kier alpha value is -1.93. The van der Waals surface area contributed by atoms with Gasteiger partial charge in [0.15, 0.2) is 0 Å². The van der Waals surface area contributed by atoms with Crippen molar-refractivity contribution in [2.24, 2.45) is 0 Å². The minimum absolute atomic E-state index is 0.00969. The molecule has 1 N–H and O–H groups in total. The third-order valence-corrected chi connectivity index (χ3v) is 5.69. The van der Waals surface area contributed by atoms with Crippen LogP contribution in [0.15, 0.2) is 23.1 Å². The first kappa shape index (κ1) is 15.9. The predicted molar refractivity (Wildman–Crippen MR) is 82.5 cm³/mol. The predicted octanol–water partition coefficient (Wildman–Crippen LogP) is 0.716. The van der Waals surface area contributed by atoms with E-state index < -0.39 is 22.0 Å². The van der Waals surface area contributed by atoms with Crippen molar-refractivity contribution in [3.63, 3.8) is 0 Å². The van der Waals surface area contributed by atoms with E-state index in [0.717, 1.165) is 6.42 Å². The lowest BCUT2D eigenvalue weighted by Crippen LogP contribution is -2.38. The highest BCUT2D eigenvalue weighted by Gasteiger charge is 2.32. The summed E-state index contributed by atoms with van der Waals surface area (Å²) < 4.78 is 32.3. The highest BCUT2D eigenvalue weighted by atomic mass is 32.2. The summed E-state index contributed by atoms with van der Waals surface area (Å²) in [4.78, 5) is 25.0. The van der Waals surface area contributed by atoms with Gasteiger partial charge in [-0.25, -0.2) is 8.42 Å². The van der Waals surface area contributed by atoms with E-state index in [1.165, 1.54) is 6.07 Å². The minimum atomic E-state index is -3.87. The highest BCUT2D eigenvalue weighted by molar-refractivity contribution is 7.89. The summed E-state index contributed by atoms with van der Waals surface area (Å²) >= 11 is 0. The fourth-order valence-electron chi connectivity index (χ4n) is 2.82. The molecule has 1 aromatic carbocycles. The Bertz CT molecular complexity index is 759. The van der Waals surface area contributed by atoms with Crippen molar-refractivity contribution in [2.45, 2.75) is 37.1 Å². The number of cyclic esters (lactones) is 1. The van der Waals surface area contributed by atoms with Crippen molar-refractivity contribution in [3.8, 4) is 0 Å². The van der Waals surface area contributed by atoms with Gasteiger partial charge >= 0.3 is 5.97 Å². The number of carbonyl (C=O) groups is 2. The number of esters is 1. The van der Waals surface area contributed by atoms with E-state index in [1.54, 1.807) is 24.0 Å². The summed E-state index contributed by atoms with van der Waals surface area (Å²) in [6.45, 7) is 2.48. The standard InChI is InChI=1S/C15H18N2O5S/c1-10-4-5-11(17-7-2-3-14(17)18)9-13(10)23(20,21)16-12-6-8-22-15(12)19/h4-5,9,12,16H,2-3,6-8H2,1H3. The van der Waals surface area contributed by atoms with Gasteiger partial charge in [0.05, 0.1) is 11.5 Å². The van der Waals surface area contributed by atoms with Crippen molar-refractivity contribution < 1.29 is 22.7 Å². The molecule has 7 nitrogen and oxygen atoms in total. The Morgan fingerprint density at radius 1 is 1.30 bits per heavy atom. The van der Waals surface area contributed by atoms with Gasteiger partial charge in [-0.15, -0.1) is 0 Å². The monoisotopic (exact) mass is 338 g/mol. The molecule has 0 aliphatic carbocycles. The smallest absolute Gasteiger partial charge is 0.324 e. The zero-order chi connectivity index (χ0) is 16.6. The van der Waals surface area contributed by atoms with E-state index in [0.29, 0.717) is 30.6 Å². The molecule has 3 rings (SSSR count). The lowest BCUT2D eigenvalue weighted by atomic mass is 10.2. The van der Waals surface area contributed by atoms with Gasteiger partial charge in [-0.05, 0) is 31.0 Å². The number of nitrogens with one attached hydrogen (secondary N) is 1. The number of ether oxygens (including phenoxy) is 1. The van der Waals surface area contributed by atoms with E-state index in [-0.39, 0.29) is 17.4 Å². The van der Waals surface area contributed by atoms with E-state index >= 15 is 0 Å². The number of hydrogen-bond acceptors (Lipinski definition) is 5. The number of benzene rings is 1. The van der Waals surface area contributed by atoms with Crippen LogP contribution in [-0.4, -0.2) is 39.5 Å². The van der Waals surface area contributed by atoms with Gasteiger partial charge < -0.3 is 9.64 Å². The van der Waals surface area contributed by atoms with Gasteiger partial charge in [0.25, 0.3) is 0 Å². The molecule has 1 amide bonds. The first-order valence-electron chi connectivity index (χ1n) is 7.48. The quantitative estimate of drug-likeness (QED) is 0.817. The van der Waals surface area contributed by atoms with Crippen LogP contribution in [0.25, 0.3) is 0 Å². The second-order valence-corrected chi connectivity index (χ2v) is 7.41. The summed E-state index contributed by atoms with van der Waals surface area (Å²) in [7, 11) is -3.87. The Kier molecular flexibility index (Phi) is 4.11. The topological polar surface area (TPSA) is 92.8 Å². The number of nitrogens with zero attached hydrogens (tertiary/aromatic N) is 1. The highest BCUT2D eigenvalue weighted by Crippen LogP contribution is 2.27. The largest absolute Gasteiger partial charge is 0.464 e. The fourth-order valence-corrected chi connectivity index (χ4v) is 4.30. The summed E-state index contributed by atoms with van der Waals surface area (Å²) in [5, 5.41) is 0. The lowest BCUT2D eigenvalue weighted by Gasteiger charge is -2.18. The van der Waals surface area contributed by atoms with Crippen molar-refractivity contribution in [1.82, 2.24) is 4.72 Å². The third-order valence-electron chi connectivity index (χ3n) is 4.08. The molecule has 2 heterocycles. The maximum absolute atomic E-state index is 12.6. The van der Waals surface area contributed by atoms with Crippen LogP contribution in [0.1, 0.15) is 24.8 Å². The Balaban J connectivity index is 1.91. The number of aryl methyl sites for hydroxylation is 1. The SMILES string of the molecule is Cc1ccc(N2CCCC2=O)cc1S(=O)(=O)NC1CCOC1=O. The summed E-state index contributed by atoms with van der Waals surface area (Å²) in [5.41, 5.74) is 1.12. The normalized spacial score (nSPS) is 21.8. The molecule has 2 aliphatic rings. The second kappa shape index (κ2) is 5.93. The molecule has 2 saturated heterocycles. The van der Waals surface area contributed by atoms with Gasteiger partial charge in [0, 0.05) is 25.1 Å². The van der Waals surface area contributed by atoms with E-state index in [2.05, 4.69) is 4.72 Å². The van der Waals surface area contributed by atoms with Crippen LogP contribution in [-0.2, 0) is 24.3 Å². The van der Waals surface area contributed by atoms with Crippen LogP contribution in [0.5, 0.6) is 0 Å². The number of hydrogen-bond donors (Lipinski definition) is 1. The molecule has 0 bridgehead atoms. The van der Waals surface area contributed by atoms with Gasteiger partial charge in [0.2, 0.25) is 15.9 Å². The number of sulfonamides is 1. The number of rotatable bonds is 4. The van der Waals surface area contributed by atoms with Crippen molar-refractivity contribution >= 4 is 27.6 Å². The average Bonchev–Trinajstić information content (AvgIpc) is 3.08. The second-order valence-electron chi connectivity index (χ2n) is 5.73. The molecular formula is C15H18N2O5S. The van der Waals surface area contributed by atoms with E-state index in [4.69, 9.17) is 4.74 Å². The van der Waals surface area contributed by atoms with Crippen LogP contribution in [0, 0.1) is 6.92 Å². The maximum atomic E-state index is 12.6. The molecule has 1 unspecified atom stereocenters. The first-order chi connectivity index (χ1) is 10.9. The van der Waals surface area contributed by atoms with Crippen LogP contribution < -0.4 is 9.62 Å². The molecular weight excluding hydrogens is 320 g/mol. The molecule has 1 aromatic rings. The number of amides is 1. The molecule has 0 radical (unpaired) electrons. The molecule has 0 saturated carbocycles.